The molecule has 0 aliphatic rings. The largest absolute Gasteiger partial charge is 0.288 e. The van der Waals surface area contributed by atoms with E-state index in [9.17, 15) is 39.6 Å². The van der Waals surface area contributed by atoms with Crippen molar-refractivity contribution in [1.82, 2.24) is 24.9 Å². The number of anilines is 3. The highest BCUT2D eigenvalue weighted by Crippen LogP contribution is 2.20. The van der Waals surface area contributed by atoms with Crippen LogP contribution in [-0.2, 0) is 30.1 Å². The number of sulfonamides is 3. The van der Waals surface area contributed by atoms with Crippen molar-refractivity contribution in [1.29, 1.82) is 0 Å². The van der Waals surface area contributed by atoms with Crippen molar-refractivity contribution < 1.29 is 39.6 Å². The highest BCUT2D eigenvalue weighted by atomic mass is 32.2. The molecule has 23 heteroatoms. The topological polar surface area (TPSA) is 254 Å². The SMILES string of the molecule is CS(=O)(=O)Nc1ccncc1C(=O)c1ccccc1.CS(=O)(=O)Nc1ncccc1C(=O)c1ccccc1.CS(=O)(=O)Nc1ncccc1C(=O)c1ncccn1.[B].[B].[B]. The van der Waals surface area contributed by atoms with Gasteiger partial charge in [0.1, 0.15) is 0 Å². The van der Waals surface area contributed by atoms with Crippen molar-refractivity contribution in [2.45, 2.75) is 0 Å². The molecule has 17 nitrogen and oxygen atoms in total. The Balaban J connectivity index is 0.000000439. The molecule has 0 saturated heterocycles. The number of nitrogens with zero attached hydrogens (tertiary/aromatic N) is 5. The van der Waals surface area contributed by atoms with Crippen molar-refractivity contribution >= 4 is 90.0 Å². The Bertz CT molecular complexity index is 2410. The summed E-state index contributed by atoms with van der Waals surface area (Å²) in [6, 6.07) is 26.4. The van der Waals surface area contributed by atoms with Crippen molar-refractivity contribution in [2.24, 2.45) is 0 Å². The fourth-order valence-electron chi connectivity index (χ4n) is 4.58. The van der Waals surface area contributed by atoms with Gasteiger partial charge in [-0.1, -0.05) is 60.7 Å². The van der Waals surface area contributed by atoms with Crippen LogP contribution in [-0.4, -0.2) is 112 Å². The molecular formula is C37H34B3N8O9S3. The highest BCUT2D eigenvalue weighted by molar-refractivity contribution is 7.92. The monoisotopic (exact) mass is 863 g/mol. The molecule has 60 heavy (non-hydrogen) atoms. The molecule has 4 heterocycles. The van der Waals surface area contributed by atoms with E-state index in [-0.39, 0.29) is 76.6 Å². The molecule has 303 valence electrons. The lowest BCUT2D eigenvalue weighted by atomic mass is 10.0. The average Bonchev–Trinajstić information content (AvgIpc) is 3.17. The van der Waals surface area contributed by atoms with Crippen LogP contribution in [0, 0.1) is 0 Å². The second-order valence-corrected chi connectivity index (χ2v) is 16.9. The summed E-state index contributed by atoms with van der Waals surface area (Å²) in [5.41, 5.74) is 1.72. The Hall–Kier alpha value is -6.58. The minimum atomic E-state index is -3.52. The van der Waals surface area contributed by atoms with E-state index in [1.807, 2.05) is 0 Å². The van der Waals surface area contributed by atoms with Crippen LogP contribution in [0.3, 0.4) is 0 Å². The van der Waals surface area contributed by atoms with Gasteiger partial charge in [0.2, 0.25) is 41.7 Å². The van der Waals surface area contributed by atoms with Gasteiger partial charge in [0, 0.05) is 73.5 Å². The van der Waals surface area contributed by atoms with Crippen LogP contribution in [0.2, 0.25) is 0 Å². The van der Waals surface area contributed by atoms with Crippen molar-refractivity contribution in [2.75, 3.05) is 32.9 Å². The summed E-state index contributed by atoms with van der Waals surface area (Å²) < 4.78 is 74.2. The summed E-state index contributed by atoms with van der Waals surface area (Å²) in [5.74, 6) is -1.08. The zero-order valence-corrected chi connectivity index (χ0v) is 34.5. The average molecular weight is 863 g/mol. The van der Waals surface area contributed by atoms with E-state index in [1.54, 1.807) is 72.8 Å². The smallest absolute Gasteiger partial charge is 0.233 e. The van der Waals surface area contributed by atoms with Gasteiger partial charge >= 0.3 is 0 Å². The van der Waals surface area contributed by atoms with E-state index in [4.69, 9.17) is 0 Å². The van der Waals surface area contributed by atoms with Gasteiger partial charge in [0.15, 0.2) is 23.2 Å². The number of rotatable bonds is 12. The standard InChI is InChI=1S/2C13H12N2O3S.C11H10N4O3S.3B/c1-19(17,18)15-13-11(8-5-9-14-13)12(16)10-6-3-2-4-7-10;1-19(17,18)15-12-7-8-14-9-11(12)13(16)10-5-3-2-4-6-10;1-19(17,18)15-10-8(4-2-5-12-10)9(16)11-13-6-3-7-14-11;;;/h2*2-9H,1H3,(H,14,15);2-7H,1H3,(H,12,15);;;. The second-order valence-electron chi connectivity index (χ2n) is 11.6. The summed E-state index contributed by atoms with van der Waals surface area (Å²) in [6.45, 7) is 0. The molecule has 0 atom stereocenters. The van der Waals surface area contributed by atoms with E-state index in [0.29, 0.717) is 11.1 Å². The summed E-state index contributed by atoms with van der Waals surface area (Å²) >= 11 is 0. The second kappa shape index (κ2) is 23.1. The molecule has 0 aliphatic carbocycles. The zero-order chi connectivity index (χ0) is 41.6. The Morgan fingerprint density at radius 1 is 0.433 bits per heavy atom. The lowest BCUT2D eigenvalue weighted by Gasteiger charge is -2.09. The predicted octanol–water partition coefficient (Wildman–Crippen LogP) is 2.70. The summed E-state index contributed by atoms with van der Waals surface area (Å²) in [5, 5.41) is 0. The van der Waals surface area contributed by atoms with Gasteiger partial charge in [-0.2, -0.15) is 0 Å². The molecule has 0 saturated carbocycles. The van der Waals surface area contributed by atoms with Gasteiger partial charge in [0.05, 0.1) is 41.1 Å². The minimum absolute atomic E-state index is 0. The molecule has 0 amide bonds. The Kier molecular flexibility index (Phi) is 19.8. The number of benzene rings is 2. The molecule has 0 aliphatic heterocycles. The molecular weight excluding hydrogens is 829 g/mol. The summed E-state index contributed by atoms with van der Waals surface area (Å²) in [4.78, 5) is 56.0. The van der Waals surface area contributed by atoms with Gasteiger partial charge in [-0.25, -0.2) is 45.2 Å². The van der Waals surface area contributed by atoms with Gasteiger partial charge in [-0.05, 0) is 36.4 Å². The Morgan fingerprint density at radius 3 is 1.27 bits per heavy atom. The van der Waals surface area contributed by atoms with Crippen molar-refractivity contribution in [3.05, 3.63) is 168 Å². The molecule has 2 aromatic carbocycles. The number of ketones is 3. The Labute approximate surface area is 353 Å². The van der Waals surface area contributed by atoms with Gasteiger partial charge in [-0.15, -0.1) is 0 Å². The van der Waals surface area contributed by atoms with Crippen LogP contribution in [0.5, 0.6) is 0 Å². The number of nitrogens with one attached hydrogen (secondary N) is 3. The molecule has 6 aromatic rings. The fourth-order valence-corrected chi connectivity index (χ4v) is 6.19. The molecule has 9 radical (unpaired) electrons. The van der Waals surface area contributed by atoms with Crippen LogP contribution in [0.25, 0.3) is 0 Å². The number of pyridine rings is 3. The van der Waals surface area contributed by atoms with E-state index < -0.39 is 35.9 Å². The van der Waals surface area contributed by atoms with Crippen LogP contribution in [0.1, 0.15) is 48.0 Å². The van der Waals surface area contributed by atoms with Crippen LogP contribution < -0.4 is 14.2 Å². The van der Waals surface area contributed by atoms with Crippen LogP contribution in [0.4, 0.5) is 17.3 Å². The first-order valence-electron chi connectivity index (χ1n) is 16.2. The third kappa shape index (κ3) is 16.4. The van der Waals surface area contributed by atoms with E-state index >= 15 is 0 Å². The first-order valence-corrected chi connectivity index (χ1v) is 21.9. The summed E-state index contributed by atoms with van der Waals surface area (Å²) in [6.07, 6.45) is 11.5. The first kappa shape index (κ1) is 51.4. The van der Waals surface area contributed by atoms with Crippen LogP contribution >= 0.6 is 0 Å². The van der Waals surface area contributed by atoms with Crippen molar-refractivity contribution in [3.8, 4) is 0 Å². The maximum atomic E-state index is 12.3. The zero-order valence-electron chi connectivity index (χ0n) is 32.1. The molecule has 0 fully saturated rings. The summed E-state index contributed by atoms with van der Waals surface area (Å²) in [7, 11) is -10.4. The normalized spacial score (nSPS) is 10.4. The molecule has 0 bridgehead atoms. The number of hydrogen-bond acceptors (Lipinski definition) is 14. The third-order valence-electron chi connectivity index (χ3n) is 6.87. The predicted molar refractivity (Wildman–Crippen MR) is 231 cm³/mol. The van der Waals surface area contributed by atoms with Gasteiger partial charge in [0.25, 0.3) is 0 Å². The molecule has 3 N–H and O–H groups in total. The molecule has 0 unspecified atom stereocenters. The van der Waals surface area contributed by atoms with E-state index in [0.717, 1.165) is 18.8 Å². The minimum Gasteiger partial charge on any atom is -0.288 e. The van der Waals surface area contributed by atoms with Gasteiger partial charge in [-0.3, -0.25) is 33.5 Å². The maximum Gasteiger partial charge on any atom is 0.233 e. The lowest BCUT2D eigenvalue weighted by molar-refractivity contribution is 0.102. The first-order chi connectivity index (χ1) is 26.9. The maximum absolute atomic E-state index is 12.3. The fraction of sp³-hybridized carbons (Fsp3) is 0.0811. The number of carbonyl (C=O) groups excluding carboxylic acids is 3. The van der Waals surface area contributed by atoms with Gasteiger partial charge < -0.3 is 0 Å². The van der Waals surface area contributed by atoms with Crippen molar-refractivity contribution in [3.63, 3.8) is 0 Å². The highest BCUT2D eigenvalue weighted by Gasteiger charge is 2.19. The van der Waals surface area contributed by atoms with E-state index in [2.05, 4.69) is 39.1 Å². The number of carbonyl (C=O) groups is 3. The number of hydrogen-bond donors (Lipinski definition) is 3. The lowest BCUT2D eigenvalue weighted by Crippen LogP contribution is -2.16. The van der Waals surface area contributed by atoms with Crippen LogP contribution in [0.15, 0.2) is 134 Å². The number of aromatic nitrogens is 5. The molecule has 6 rings (SSSR count). The Morgan fingerprint density at radius 2 is 0.833 bits per heavy atom. The quantitative estimate of drug-likeness (QED) is 0.118. The molecule has 4 aromatic heterocycles. The molecule has 0 spiro atoms. The van der Waals surface area contributed by atoms with E-state index in [1.165, 1.54) is 61.4 Å². The third-order valence-corrected chi connectivity index (χ3v) is 8.59.